The highest BCUT2D eigenvalue weighted by Crippen LogP contribution is 2.48. The van der Waals surface area contributed by atoms with Gasteiger partial charge >= 0.3 is 0 Å². The van der Waals surface area contributed by atoms with E-state index in [1.165, 1.54) is 10.9 Å². The molecule has 1 spiro atoms. The number of nitrogens with zero attached hydrogens (tertiary/aromatic N) is 4. The Balaban J connectivity index is 1.05. The van der Waals surface area contributed by atoms with Gasteiger partial charge in [0.25, 0.3) is 11.5 Å². The quantitative estimate of drug-likeness (QED) is 0.291. The number of carbonyl (C=O) groups excluding carboxylic acids is 1. The molecule has 1 saturated carbocycles. The van der Waals surface area contributed by atoms with Gasteiger partial charge in [-0.2, -0.15) is 0 Å². The van der Waals surface area contributed by atoms with Gasteiger partial charge in [-0.05, 0) is 62.2 Å². The van der Waals surface area contributed by atoms with Crippen LogP contribution in [0, 0.1) is 6.92 Å². The number of benzene rings is 2. The first-order valence-electron chi connectivity index (χ1n) is 13.9. The van der Waals surface area contributed by atoms with Gasteiger partial charge in [-0.15, -0.1) is 0 Å². The lowest BCUT2D eigenvalue weighted by Gasteiger charge is -2.13. The van der Waals surface area contributed by atoms with E-state index in [9.17, 15) is 9.59 Å². The van der Waals surface area contributed by atoms with E-state index in [1.54, 1.807) is 43.0 Å². The molecule has 1 unspecified atom stereocenters. The van der Waals surface area contributed by atoms with Crippen molar-refractivity contribution in [1.82, 2.24) is 19.3 Å². The molecule has 1 aliphatic heterocycles. The summed E-state index contributed by atoms with van der Waals surface area (Å²) < 4.78 is 21.3. The van der Waals surface area contributed by atoms with Crippen molar-refractivity contribution < 1.29 is 19.0 Å². The van der Waals surface area contributed by atoms with Crippen molar-refractivity contribution >= 4 is 22.6 Å². The van der Waals surface area contributed by atoms with Crippen molar-refractivity contribution in [1.29, 1.82) is 0 Å². The second kappa shape index (κ2) is 10.1. The lowest BCUT2D eigenvalue weighted by atomic mass is 10.1. The number of ether oxygens (including phenoxy) is 3. The minimum absolute atomic E-state index is 0.0580. The first kappa shape index (κ1) is 26.0. The molecule has 2 fully saturated rings. The van der Waals surface area contributed by atoms with Crippen molar-refractivity contribution in [2.24, 2.45) is 7.05 Å². The molecule has 1 amide bonds. The summed E-state index contributed by atoms with van der Waals surface area (Å²) >= 11 is 0. The van der Waals surface area contributed by atoms with E-state index in [4.69, 9.17) is 14.2 Å². The SMILES string of the molecule is Cc1c(C(=O)Nc2ccc(Oc3ccnc4cc(OC5COC6(CC6)C5)ccc34)cn2)c(=O)n(-c2ccccc2)n1C. The fourth-order valence-corrected chi connectivity index (χ4v) is 5.47. The maximum atomic E-state index is 13.2. The summed E-state index contributed by atoms with van der Waals surface area (Å²) in [7, 11) is 1.75. The number of aromatic nitrogens is 4. The number of fused-ring (bicyclic) bond motifs is 1. The van der Waals surface area contributed by atoms with Crippen LogP contribution >= 0.6 is 0 Å². The third-order valence-electron chi connectivity index (χ3n) is 7.95. The summed E-state index contributed by atoms with van der Waals surface area (Å²) in [6.07, 6.45) is 6.45. The van der Waals surface area contributed by atoms with Gasteiger partial charge in [-0.1, -0.05) is 18.2 Å². The molecular formula is C32H29N5O5. The highest BCUT2D eigenvalue weighted by molar-refractivity contribution is 6.04. The molecule has 5 aromatic rings. The number of amides is 1. The zero-order valence-corrected chi connectivity index (χ0v) is 23.2. The third kappa shape index (κ3) is 4.79. The predicted octanol–water partition coefficient (Wildman–Crippen LogP) is 5.17. The van der Waals surface area contributed by atoms with Gasteiger partial charge in [-0.3, -0.25) is 19.3 Å². The smallest absolute Gasteiger partial charge is 0.284 e. The van der Waals surface area contributed by atoms with E-state index in [-0.39, 0.29) is 17.3 Å². The van der Waals surface area contributed by atoms with Crippen LogP contribution < -0.4 is 20.3 Å². The van der Waals surface area contributed by atoms with Gasteiger partial charge < -0.3 is 19.5 Å². The van der Waals surface area contributed by atoms with Crippen LogP contribution in [0.1, 0.15) is 35.3 Å². The normalized spacial score (nSPS) is 17.0. The van der Waals surface area contributed by atoms with Crippen molar-refractivity contribution in [3.63, 3.8) is 0 Å². The standard InChI is InChI=1S/C32H29N5O5/c1-20-29(31(39)37(36(20)2)21-6-4-3-5-7-21)30(38)35-28-11-9-23(18-34-28)42-27-12-15-33-26-16-22(8-10-25(26)27)41-24-17-32(13-14-32)40-19-24/h3-12,15-16,18,24H,13-14,17,19H2,1-2H3,(H,34,35,38). The topological polar surface area (TPSA) is 110 Å². The summed E-state index contributed by atoms with van der Waals surface area (Å²) in [5, 5.41) is 3.56. The summed E-state index contributed by atoms with van der Waals surface area (Å²) in [6.45, 7) is 2.36. The van der Waals surface area contributed by atoms with Crippen LogP contribution in [0.5, 0.6) is 17.2 Å². The Kier molecular flexibility index (Phi) is 6.27. The molecule has 2 aromatic carbocycles. The number of hydrogen-bond donors (Lipinski definition) is 1. The van der Waals surface area contributed by atoms with Gasteiger partial charge in [0.05, 0.1) is 35.3 Å². The molecule has 1 saturated heterocycles. The number of nitrogens with one attached hydrogen (secondary N) is 1. The maximum absolute atomic E-state index is 13.2. The predicted molar refractivity (Wildman–Crippen MR) is 157 cm³/mol. The van der Waals surface area contributed by atoms with Crippen LogP contribution in [-0.4, -0.2) is 43.6 Å². The number of para-hydroxylation sites is 1. The van der Waals surface area contributed by atoms with Crippen molar-refractivity contribution in [3.8, 4) is 22.9 Å². The number of rotatable bonds is 7. The van der Waals surface area contributed by atoms with Crippen molar-refractivity contribution in [3.05, 3.63) is 101 Å². The van der Waals surface area contributed by atoms with E-state index in [1.807, 2.05) is 48.5 Å². The molecule has 3 aromatic heterocycles. The minimum Gasteiger partial charge on any atom is -0.488 e. The van der Waals surface area contributed by atoms with E-state index in [0.29, 0.717) is 35.3 Å². The largest absolute Gasteiger partial charge is 0.488 e. The van der Waals surface area contributed by atoms with Gasteiger partial charge in [0.2, 0.25) is 0 Å². The Hall–Kier alpha value is -4.96. The fraction of sp³-hybridized carbons (Fsp3) is 0.250. The van der Waals surface area contributed by atoms with Crippen LogP contribution in [0.4, 0.5) is 5.82 Å². The molecule has 1 aliphatic carbocycles. The Morgan fingerprint density at radius 3 is 2.60 bits per heavy atom. The highest BCUT2D eigenvalue weighted by Gasteiger charge is 2.51. The molecule has 10 nitrogen and oxygen atoms in total. The van der Waals surface area contributed by atoms with Crippen molar-refractivity contribution in [2.45, 2.75) is 37.9 Å². The second-order valence-corrected chi connectivity index (χ2v) is 10.8. The van der Waals surface area contributed by atoms with E-state index in [2.05, 4.69) is 15.3 Å². The first-order chi connectivity index (χ1) is 20.4. The lowest BCUT2D eigenvalue weighted by molar-refractivity contribution is 0.0785. The van der Waals surface area contributed by atoms with Crippen LogP contribution in [-0.2, 0) is 11.8 Å². The Morgan fingerprint density at radius 2 is 1.86 bits per heavy atom. The van der Waals surface area contributed by atoms with Crippen LogP contribution in [0.25, 0.3) is 16.6 Å². The molecule has 10 heteroatoms. The Labute approximate surface area is 241 Å². The van der Waals surface area contributed by atoms with Crippen molar-refractivity contribution in [2.75, 3.05) is 11.9 Å². The van der Waals surface area contributed by atoms with Crippen LogP contribution in [0.15, 0.2) is 83.9 Å². The summed E-state index contributed by atoms with van der Waals surface area (Å²) in [6, 6.07) is 20.1. The van der Waals surface area contributed by atoms with Gasteiger partial charge in [0.15, 0.2) is 0 Å². The molecule has 0 radical (unpaired) electrons. The number of hydrogen-bond acceptors (Lipinski definition) is 7. The van der Waals surface area contributed by atoms with Crippen LogP contribution in [0.2, 0.25) is 0 Å². The summed E-state index contributed by atoms with van der Waals surface area (Å²) in [5.74, 6) is 1.63. The molecule has 1 N–H and O–H groups in total. The maximum Gasteiger partial charge on any atom is 0.284 e. The van der Waals surface area contributed by atoms with E-state index in [0.717, 1.165) is 35.9 Å². The van der Waals surface area contributed by atoms with Gasteiger partial charge in [0.1, 0.15) is 34.7 Å². The molecular weight excluding hydrogens is 534 g/mol. The molecule has 2 aliphatic rings. The molecule has 42 heavy (non-hydrogen) atoms. The molecule has 212 valence electrons. The monoisotopic (exact) mass is 563 g/mol. The number of anilines is 1. The minimum atomic E-state index is -0.529. The fourth-order valence-electron chi connectivity index (χ4n) is 5.47. The average Bonchev–Trinajstić information content (AvgIpc) is 3.58. The average molecular weight is 564 g/mol. The number of pyridine rings is 2. The molecule has 7 rings (SSSR count). The molecule has 4 heterocycles. The van der Waals surface area contributed by atoms with Crippen LogP contribution in [0.3, 0.4) is 0 Å². The van der Waals surface area contributed by atoms with Gasteiger partial charge in [0, 0.05) is 31.1 Å². The molecule has 0 bridgehead atoms. The van der Waals surface area contributed by atoms with E-state index >= 15 is 0 Å². The summed E-state index contributed by atoms with van der Waals surface area (Å²) in [5.41, 5.74) is 1.69. The number of carbonyl (C=O) groups is 1. The summed E-state index contributed by atoms with van der Waals surface area (Å²) in [4.78, 5) is 35.1. The highest BCUT2D eigenvalue weighted by atomic mass is 16.6. The van der Waals surface area contributed by atoms with E-state index < -0.39 is 11.5 Å². The first-order valence-corrected chi connectivity index (χ1v) is 13.9. The zero-order valence-electron chi connectivity index (χ0n) is 23.2. The molecule has 1 atom stereocenters. The third-order valence-corrected chi connectivity index (χ3v) is 7.95. The second-order valence-electron chi connectivity index (χ2n) is 10.8. The van der Waals surface area contributed by atoms with Gasteiger partial charge in [-0.25, -0.2) is 9.67 Å². The lowest BCUT2D eigenvalue weighted by Crippen LogP contribution is -2.25. The Morgan fingerprint density at radius 1 is 1.05 bits per heavy atom. The Bertz CT molecular complexity index is 1860. The zero-order chi connectivity index (χ0) is 28.8.